The first-order valence-corrected chi connectivity index (χ1v) is 13.0. The topological polar surface area (TPSA) is 62.6 Å². The summed E-state index contributed by atoms with van der Waals surface area (Å²) >= 11 is 0. The third-order valence-electron chi connectivity index (χ3n) is 7.03. The molecule has 37 heavy (non-hydrogen) atoms. The average molecular weight is 498 g/mol. The maximum absolute atomic E-state index is 12.9. The number of carbonyl (C=O) groups excluding carboxylic acids is 1. The molecule has 1 amide bonds. The van der Waals surface area contributed by atoms with E-state index in [1.807, 2.05) is 12.1 Å². The molecule has 5 rings (SSSR count). The van der Waals surface area contributed by atoms with Crippen LogP contribution in [0.5, 0.6) is 0 Å². The molecule has 0 saturated carbocycles. The summed E-state index contributed by atoms with van der Waals surface area (Å²) < 4.78 is 7.91. The van der Waals surface area contributed by atoms with E-state index >= 15 is 0 Å². The zero-order valence-corrected chi connectivity index (χ0v) is 21.7. The van der Waals surface area contributed by atoms with Crippen LogP contribution in [0.1, 0.15) is 40.7 Å². The highest BCUT2D eigenvalue weighted by molar-refractivity contribution is 6.09. The fourth-order valence-electron chi connectivity index (χ4n) is 5.24. The Kier molecular flexibility index (Phi) is 7.70. The van der Waals surface area contributed by atoms with Gasteiger partial charge in [-0.15, -0.1) is 0 Å². The highest BCUT2D eigenvalue weighted by Gasteiger charge is 2.26. The quantitative estimate of drug-likeness (QED) is 0.345. The van der Waals surface area contributed by atoms with Crippen molar-refractivity contribution in [2.75, 3.05) is 37.0 Å². The number of anilines is 2. The van der Waals surface area contributed by atoms with E-state index in [4.69, 9.17) is 9.72 Å². The SMILES string of the molecule is CNC(=O)c1cnc(N(Cc2ccccc2)Cc2ccccc2)c2c1cc(N1CCCCC1)n2COC. The summed E-state index contributed by atoms with van der Waals surface area (Å²) in [6.45, 7) is 3.75. The Morgan fingerprint density at radius 3 is 2.16 bits per heavy atom. The Bertz CT molecular complexity index is 1290. The number of benzene rings is 2. The van der Waals surface area contributed by atoms with Crippen LogP contribution in [-0.4, -0.2) is 42.7 Å². The number of hydrogen-bond acceptors (Lipinski definition) is 5. The van der Waals surface area contributed by atoms with Gasteiger partial charge < -0.3 is 24.4 Å². The number of rotatable bonds is 9. The first-order chi connectivity index (χ1) is 18.2. The van der Waals surface area contributed by atoms with Gasteiger partial charge in [0.1, 0.15) is 12.5 Å². The lowest BCUT2D eigenvalue weighted by atomic mass is 10.1. The first-order valence-electron chi connectivity index (χ1n) is 13.0. The average Bonchev–Trinajstić information content (AvgIpc) is 3.33. The molecule has 2 aromatic carbocycles. The lowest BCUT2D eigenvalue weighted by Crippen LogP contribution is -2.31. The summed E-state index contributed by atoms with van der Waals surface area (Å²) in [7, 11) is 3.38. The van der Waals surface area contributed by atoms with Crippen LogP contribution in [0.4, 0.5) is 11.6 Å². The van der Waals surface area contributed by atoms with Crippen molar-refractivity contribution in [2.45, 2.75) is 39.1 Å². The third-order valence-corrected chi connectivity index (χ3v) is 7.03. The van der Waals surface area contributed by atoms with Crippen LogP contribution < -0.4 is 15.1 Å². The van der Waals surface area contributed by atoms with Gasteiger partial charge in [-0.3, -0.25) is 4.79 Å². The number of pyridine rings is 1. The van der Waals surface area contributed by atoms with Gasteiger partial charge in [-0.1, -0.05) is 60.7 Å². The van der Waals surface area contributed by atoms with Crippen LogP contribution >= 0.6 is 0 Å². The molecule has 1 N–H and O–H groups in total. The zero-order chi connectivity index (χ0) is 25.6. The predicted octanol–water partition coefficient (Wildman–Crippen LogP) is 5.20. The fraction of sp³-hybridized carbons (Fsp3) is 0.333. The minimum atomic E-state index is -0.138. The Balaban J connectivity index is 1.70. The highest BCUT2D eigenvalue weighted by atomic mass is 16.5. The number of nitrogens with zero attached hydrogens (tertiary/aromatic N) is 4. The van der Waals surface area contributed by atoms with Crippen molar-refractivity contribution in [3.05, 3.63) is 89.6 Å². The van der Waals surface area contributed by atoms with Gasteiger partial charge in [-0.05, 0) is 36.5 Å². The van der Waals surface area contributed by atoms with Crippen LogP contribution in [0, 0.1) is 0 Å². The van der Waals surface area contributed by atoms with Crippen molar-refractivity contribution in [3.63, 3.8) is 0 Å². The second-order valence-corrected chi connectivity index (χ2v) is 9.56. The van der Waals surface area contributed by atoms with Gasteiger partial charge >= 0.3 is 0 Å². The molecule has 2 aromatic heterocycles. The smallest absolute Gasteiger partial charge is 0.253 e. The van der Waals surface area contributed by atoms with Gasteiger partial charge in [0.05, 0.1) is 11.1 Å². The van der Waals surface area contributed by atoms with Crippen molar-refractivity contribution in [2.24, 2.45) is 0 Å². The fourth-order valence-corrected chi connectivity index (χ4v) is 5.24. The van der Waals surface area contributed by atoms with E-state index in [-0.39, 0.29) is 5.91 Å². The minimum absolute atomic E-state index is 0.138. The number of amides is 1. The number of nitrogens with one attached hydrogen (secondary N) is 1. The van der Waals surface area contributed by atoms with Crippen LogP contribution in [-0.2, 0) is 24.6 Å². The number of methoxy groups -OCH3 is 1. The first kappa shape index (κ1) is 24.8. The number of fused-ring (bicyclic) bond motifs is 1. The molecular formula is C30H35N5O2. The number of carbonyl (C=O) groups is 1. The molecule has 1 fully saturated rings. The van der Waals surface area contributed by atoms with E-state index in [0.717, 1.165) is 48.5 Å². The zero-order valence-electron chi connectivity index (χ0n) is 21.7. The molecule has 7 heteroatoms. The molecule has 0 bridgehead atoms. The second kappa shape index (κ2) is 11.5. The van der Waals surface area contributed by atoms with Crippen molar-refractivity contribution in [1.29, 1.82) is 0 Å². The van der Waals surface area contributed by atoms with E-state index in [0.29, 0.717) is 25.4 Å². The minimum Gasteiger partial charge on any atom is -0.364 e. The predicted molar refractivity (Wildman–Crippen MR) is 149 cm³/mol. The molecule has 7 nitrogen and oxygen atoms in total. The van der Waals surface area contributed by atoms with Crippen LogP contribution in [0.3, 0.4) is 0 Å². The Morgan fingerprint density at radius 1 is 0.973 bits per heavy atom. The number of aromatic nitrogens is 2. The molecule has 1 aliphatic rings. The van der Waals surface area contributed by atoms with E-state index in [1.54, 1.807) is 20.4 Å². The van der Waals surface area contributed by atoms with Crippen molar-refractivity contribution >= 4 is 28.4 Å². The molecule has 192 valence electrons. The lowest BCUT2D eigenvalue weighted by molar-refractivity contribution is 0.0964. The van der Waals surface area contributed by atoms with Gasteiger partial charge in [-0.2, -0.15) is 0 Å². The van der Waals surface area contributed by atoms with E-state index in [2.05, 4.69) is 74.3 Å². The normalized spacial score (nSPS) is 13.6. The summed E-state index contributed by atoms with van der Waals surface area (Å²) in [5.41, 5.74) is 3.90. The van der Waals surface area contributed by atoms with Gasteiger partial charge in [0.2, 0.25) is 0 Å². The molecule has 3 heterocycles. The third kappa shape index (κ3) is 5.32. The van der Waals surface area contributed by atoms with Gasteiger partial charge in [0.15, 0.2) is 5.82 Å². The van der Waals surface area contributed by atoms with Gasteiger partial charge in [-0.25, -0.2) is 4.98 Å². The number of ether oxygens (including phenoxy) is 1. The molecule has 4 aromatic rings. The second-order valence-electron chi connectivity index (χ2n) is 9.56. The Hall–Kier alpha value is -3.84. The molecule has 0 aliphatic carbocycles. The van der Waals surface area contributed by atoms with E-state index < -0.39 is 0 Å². The lowest BCUT2D eigenvalue weighted by Gasteiger charge is -2.30. The van der Waals surface area contributed by atoms with E-state index in [1.165, 1.54) is 17.5 Å². The molecule has 1 aliphatic heterocycles. The summed E-state index contributed by atoms with van der Waals surface area (Å²) in [5, 5.41) is 3.69. The van der Waals surface area contributed by atoms with Crippen LogP contribution in [0.15, 0.2) is 72.9 Å². The molecule has 0 atom stereocenters. The van der Waals surface area contributed by atoms with Crippen molar-refractivity contribution < 1.29 is 9.53 Å². The number of piperidine rings is 1. The molecule has 0 radical (unpaired) electrons. The maximum atomic E-state index is 12.9. The van der Waals surface area contributed by atoms with Crippen molar-refractivity contribution in [1.82, 2.24) is 14.9 Å². The molecule has 0 unspecified atom stereocenters. The van der Waals surface area contributed by atoms with Crippen LogP contribution in [0.25, 0.3) is 10.9 Å². The van der Waals surface area contributed by atoms with Crippen molar-refractivity contribution in [3.8, 4) is 0 Å². The van der Waals surface area contributed by atoms with Gasteiger partial charge in [0, 0.05) is 51.9 Å². The largest absolute Gasteiger partial charge is 0.364 e. The molecule has 1 saturated heterocycles. The maximum Gasteiger partial charge on any atom is 0.253 e. The Labute approximate surface area is 218 Å². The van der Waals surface area contributed by atoms with Gasteiger partial charge in [0.25, 0.3) is 5.91 Å². The summed E-state index contributed by atoms with van der Waals surface area (Å²) in [4.78, 5) is 22.6. The standard InChI is InChI=1S/C30H35N5O2/c1-31-30(36)26-19-32-29(28-25(26)18-27(35(28)22-37-2)33-16-10-5-11-17-33)34(20-23-12-6-3-7-13-23)21-24-14-8-4-9-15-24/h3-4,6-9,12-15,18-19H,5,10-11,16-17,20-22H2,1-2H3,(H,31,36). The summed E-state index contributed by atoms with van der Waals surface area (Å²) in [6, 6.07) is 23.0. The Morgan fingerprint density at radius 2 is 1.59 bits per heavy atom. The van der Waals surface area contributed by atoms with E-state index in [9.17, 15) is 4.79 Å². The monoisotopic (exact) mass is 497 g/mol. The number of hydrogen-bond donors (Lipinski definition) is 1. The summed E-state index contributed by atoms with van der Waals surface area (Å²) in [6.07, 6.45) is 5.29. The van der Waals surface area contributed by atoms with Crippen LogP contribution in [0.2, 0.25) is 0 Å². The molecule has 0 spiro atoms. The highest BCUT2D eigenvalue weighted by Crippen LogP contribution is 2.36. The molecular weight excluding hydrogens is 462 g/mol. The summed E-state index contributed by atoms with van der Waals surface area (Å²) in [5.74, 6) is 1.78.